The number of pyridine rings is 1. The van der Waals surface area contributed by atoms with Gasteiger partial charge in [0.2, 0.25) is 0 Å². The van der Waals surface area contributed by atoms with Crippen LogP contribution >= 0.6 is 23.2 Å². The van der Waals surface area contributed by atoms with Crippen LogP contribution in [0.25, 0.3) is 10.9 Å². The molecule has 1 N–H and O–H groups in total. The third-order valence-corrected chi connectivity index (χ3v) is 7.53. The highest BCUT2D eigenvalue weighted by atomic mass is 35.5. The second-order valence-electron chi connectivity index (χ2n) is 7.42. The first kappa shape index (κ1) is 23.0. The molecule has 2 heterocycles. The smallest absolute Gasteiger partial charge is 0.335 e. The fraction of sp³-hybridized carbons (Fsp3) is 0.136. The fourth-order valence-electron chi connectivity index (χ4n) is 3.53. The summed E-state index contributed by atoms with van der Waals surface area (Å²) in [6, 6.07) is 10.7. The number of halogens is 2. The molecule has 0 atom stereocenters. The maximum absolute atomic E-state index is 13.8. The lowest BCUT2D eigenvalue weighted by Crippen LogP contribution is -2.32. The minimum atomic E-state index is -4.18. The summed E-state index contributed by atoms with van der Waals surface area (Å²) in [7, 11) is -2.36. The first-order valence-electron chi connectivity index (χ1n) is 9.66. The molecule has 0 fully saturated rings. The van der Waals surface area contributed by atoms with E-state index < -0.39 is 16.0 Å². The normalized spacial score (nSPS) is 11.6. The minimum Gasteiger partial charge on any atom is -0.478 e. The molecule has 4 aromatic rings. The van der Waals surface area contributed by atoms with Gasteiger partial charge in [-0.15, -0.1) is 0 Å². The number of benzene rings is 2. The number of carboxylic acid groups (broad SMARTS) is 1. The predicted molar refractivity (Wildman–Crippen MR) is 126 cm³/mol. The number of nitrogens with zero attached hydrogens (tertiary/aromatic N) is 4. The Morgan fingerprint density at radius 1 is 1.12 bits per heavy atom. The first-order chi connectivity index (χ1) is 15.6. The van der Waals surface area contributed by atoms with Crippen LogP contribution in [0.5, 0.6) is 0 Å². The third kappa shape index (κ3) is 4.39. The maximum Gasteiger partial charge on any atom is 0.335 e. The summed E-state index contributed by atoms with van der Waals surface area (Å²) in [5, 5.41) is 14.6. The van der Waals surface area contributed by atoms with E-state index in [9.17, 15) is 18.3 Å². The number of hydrogen-bond acceptors (Lipinski definition) is 5. The van der Waals surface area contributed by atoms with Crippen molar-refractivity contribution in [3.63, 3.8) is 0 Å². The number of hydrogen-bond donors (Lipinski definition) is 1. The van der Waals surface area contributed by atoms with Crippen LogP contribution in [-0.2, 0) is 23.6 Å². The molecule has 4 rings (SSSR count). The quantitative estimate of drug-likeness (QED) is 0.408. The Morgan fingerprint density at radius 2 is 1.88 bits per heavy atom. The van der Waals surface area contributed by atoms with Crippen molar-refractivity contribution >= 4 is 55.9 Å². The van der Waals surface area contributed by atoms with E-state index in [4.69, 9.17) is 23.2 Å². The van der Waals surface area contributed by atoms with Crippen LogP contribution in [0.2, 0.25) is 10.0 Å². The van der Waals surface area contributed by atoms with Crippen LogP contribution in [0.15, 0.2) is 59.8 Å². The molecule has 11 heteroatoms. The maximum atomic E-state index is 13.8. The molecule has 0 aliphatic heterocycles. The van der Waals surface area contributed by atoms with Crippen LogP contribution in [0, 0.1) is 6.92 Å². The van der Waals surface area contributed by atoms with E-state index >= 15 is 0 Å². The van der Waals surface area contributed by atoms with Crippen molar-refractivity contribution in [1.82, 2.24) is 14.8 Å². The molecule has 0 unspecified atom stereocenters. The Hall–Kier alpha value is -3.14. The van der Waals surface area contributed by atoms with Gasteiger partial charge in [-0.2, -0.15) is 5.10 Å². The molecule has 0 bridgehead atoms. The van der Waals surface area contributed by atoms with Crippen molar-refractivity contribution in [2.24, 2.45) is 7.05 Å². The van der Waals surface area contributed by atoms with Crippen LogP contribution < -0.4 is 4.31 Å². The number of aromatic nitrogens is 3. The number of carboxylic acids is 1. The largest absolute Gasteiger partial charge is 0.478 e. The van der Waals surface area contributed by atoms with Gasteiger partial charge in [0.1, 0.15) is 0 Å². The molecule has 0 spiro atoms. The van der Waals surface area contributed by atoms with Gasteiger partial charge in [0.05, 0.1) is 38.8 Å². The fourth-order valence-corrected chi connectivity index (χ4v) is 5.70. The second-order valence-corrected chi connectivity index (χ2v) is 10.1. The monoisotopic (exact) mass is 504 g/mol. The SMILES string of the molecule is Cc1cc(C(=O)O)ccc1S(=O)(=O)N(Cc1ccc2c(cnn2C)c1)c1ncc(Cl)cc1Cl. The number of aromatic carboxylic acids is 1. The summed E-state index contributed by atoms with van der Waals surface area (Å²) >= 11 is 12.3. The number of fused-ring (bicyclic) bond motifs is 1. The Labute approximate surface area is 200 Å². The molecule has 0 aliphatic rings. The van der Waals surface area contributed by atoms with Gasteiger partial charge in [0, 0.05) is 18.6 Å². The lowest BCUT2D eigenvalue weighted by atomic mass is 10.1. The van der Waals surface area contributed by atoms with Gasteiger partial charge in [-0.05, 0) is 54.4 Å². The van der Waals surface area contributed by atoms with Gasteiger partial charge < -0.3 is 5.11 Å². The average molecular weight is 505 g/mol. The molecule has 0 aliphatic carbocycles. The summed E-state index contributed by atoms with van der Waals surface area (Å²) in [5.41, 5.74) is 1.86. The van der Waals surface area contributed by atoms with Gasteiger partial charge in [-0.25, -0.2) is 22.5 Å². The van der Waals surface area contributed by atoms with Crippen LogP contribution in [0.4, 0.5) is 5.82 Å². The number of rotatable bonds is 6. The molecular formula is C22H18Cl2N4O4S. The van der Waals surface area contributed by atoms with Crippen molar-refractivity contribution in [2.75, 3.05) is 4.31 Å². The van der Waals surface area contributed by atoms with Crippen LogP contribution in [0.3, 0.4) is 0 Å². The van der Waals surface area contributed by atoms with Crippen LogP contribution in [0.1, 0.15) is 21.5 Å². The van der Waals surface area contributed by atoms with Crippen molar-refractivity contribution in [3.8, 4) is 0 Å². The predicted octanol–water partition coefficient (Wildman–Crippen LogP) is 4.68. The molecular weight excluding hydrogens is 487 g/mol. The number of anilines is 1. The Kier molecular flexibility index (Phi) is 6.04. The topological polar surface area (TPSA) is 105 Å². The van der Waals surface area contributed by atoms with Gasteiger partial charge in [0.25, 0.3) is 10.0 Å². The molecule has 170 valence electrons. The molecule has 33 heavy (non-hydrogen) atoms. The van der Waals surface area contributed by atoms with E-state index in [1.54, 1.807) is 16.9 Å². The standard InChI is InChI=1S/C22H18Cl2N4O4S/c1-13-7-15(22(29)30)4-6-20(13)33(31,32)28(21-18(24)9-17(23)11-25-21)12-14-3-5-19-16(8-14)10-26-27(19)2/h3-11H,12H2,1-2H3,(H,29,30). The molecule has 0 radical (unpaired) electrons. The van der Waals surface area contributed by atoms with Crippen molar-refractivity contribution in [3.05, 3.63) is 81.6 Å². The van der Waals surface area contributed by atoms with E-state index in [-0.39, 0.29) is 38.4 Å². The minimum absolute atomic E-state index is 0.00839. The van der Waals surface area contributed by atoms with E-state index in [1.165, 1.54) is 37.4 Å². The Morgan fingerprint density at radius 3 is 2.55 bits per heavy atom. The lowest BCUT2D eigenvalue weighted by Gasteiger charge is -2.25. The Bertz CT molecular complexity index is 1500. The molecule has 0 saturated heterocycles. The van der Waals surface area contributed by atoms with Crippen molar-refractivity contribution < 1.29 is 18.3 Å². The average Bonchev–Trinajstić information content (AvgIpc) is 3.12. The summed E-state index contributed by atoms with van der Waals surface area (Å²) in [5.74, 6) is -1.14. The van der Waals surface area contributed by atoms with E-state index in [1.807, 2.05) is 19.2 Å². The van der Waals surface area contributed by atoms with Gasteiger partial charge in [-0.1, -0.05) is 29.3 Å². The molecule has 2 aromatic heterocycles. The zero-order chi connectivity index (χ0) is 23.9. The lowest BCUT2D eigenvalue weighted by molar-refractivity contribution is 0.0696. The highest BCUT2D eigenvalue weighted by Crippen LogP contribution is 2.33. The van der Waals surface area contributed by atoms with E-state index in [0.717, 1.165) is 15.2 Å². The number of sulfonamides is 1. The second kappa shape index (κ2) is 8.66. The van der Waals surface area contributed by atoms with E-state index in [0.29, 0.717) is 5.56 Å². The van der Waals surface area contributed by atoms with Gasteiger partial charge in [0.15, 0.2) is 5.82 Å². The first-order valence-corrected chi connectivity index (χ1v) is 11.9. The zero-order valence-corrected chi connectivity index (χ0v) is 19.9. The summed E-state index contributed by atoms with van der Waals surface area (Å²) in [6.07, 6.45) is 3.01. The molecule has 0 amide bonds. The summed E-state index contributed by atoms with van der Waals surface area (Å²) in [6.45, 7) is 1.47. The molecule has 8 nitrogen and oxygen atoms in total. The van der Waals surface area contributed by atoms with E-state index in [2.05, 4.69) is 10.1 Å². The van der Waals surface area contributed by atoms with Crippen molar-refractivity contribution in [2.45, 2.75) is 18.4 Å². The summed E-state index contributed by atoms with van der Waals surface area (Å²) in [4.78, 5) is 15.4. The van der Waals surface area contributed by atoms with Crippen LogP contribution in [-0.4, -0.2) is 34.3 Å². The molecule has 2 aromatic carbocycles. The highest BCUT2D eigenvalue weighted by molar-refractivity contribution is 7.92. The summed E-state index contributed by atoms with van der Waals surface area (Å²) < 4.78 is 30.4. The zero-order valence-electron chi connectivity index (χ0n) is 17.5. The number of carbonyl (C=O) groups is 1. The van der Waals surface area contributed by atoms with Crippen molar-refractivity contribution in [1.29, 1.82) is 0 Å². The third-order valence-electron chi connectivity index (χ3n) is 5.15. The Balaban J connectivity index is 1.85. The van der Waals surface area contributed by atoms with Gasteiger partial charge in [-0.3, -0.25) is 4.68 Å². The molecule has 0 saturated carbocycles. The highest BCUT2D eigenvalue weighted by Gasteiger charge is 2.30. The van der Waals surface area contributed by atoms with Gasteiger partial charge >= 0.3 is 5.97 Å². The number of aryl methyl sites for hydroxylation is 2.